The van der Waals surface area contributed by atoms with Gasteiger partial charge < -0.3 is 19.5 Å². The summed E-state index contributed by atoms with van der Waals surface area (Å²) in [7, 11) is -0.0189. The third-order valence-electron chi connectivity index (χ3n) is 1.84. The van der Waals surface area contributed by atoms with Gasteiger partial charge in [-0.05, 0) is 12.5 Å². The van der Waals surface area contributed by atoms with E-state index in [0.29, 0.717) is 11.2 Å². The molecule has 1 aromatic rings. The third-order valence-corrected chi connectivity index (χ3v) is 1.84. The monoisotopic (exact) mass is 196 g/mol. The van der Waals surface area contributed by atoms with Gasteiger partial charge in [-0.15, -0.1) is 0 Å². The summed E-state index contributed by atoms with van der Waals surface area (Å²) in [6, 6.07) is 5.17. The van der Waals surface area contributed by atoms with E-state index < -0.39 is 7.12 Å². The van der Waals surface area contributed by atoms with E-state index >= 15 is 0 Å². The van der Waals surface area contributed by atoms with Gasteiger partial charge >= 0.3 is 7.12 Å². The molecule has 2 N–H and O–H groups in total. The van der Waals surface area contributed by atoms with Gasteiger partial charge in [-0.2, -0.15) is 0 Å². The van der Waals surface area contributed by atoms with Crippen molar-refractivity contribution < 1.29 is 19.5 Å². The number of ether oxygens (including phenoxy) is 2. The molecule has 0 aliphatic rings. The van der Waals surface area contributed by atoms with Crippen molar-refractivity contribution in [3.05, 3.63) is 23.8 Å². The summed E-state index contributed by atoms with van der Waals surface area (Å²) in [4.78, 5) is 0. The maximum Gasteiger partial charge on any atom is 0.492 e. The van der Waals surface area contributed by atoms with E-state index in [1.807, 2.05) is 13.0 Å². The van der Waals surface area contributed by atoms with Crippen molar-refractivity contribution in [1.29, 1.82) is 0 Å². The largest absolute Gasteiger partial charge is 0.492 e. The average molecular weight is 196 g/mol. The molecular formula is C9H13BO4. The van der Waals surface area contributed by atoms with Gasteiger partial charge in [0, 0.05) is 12.6 Å². The van der Waals surface area contributed by atoms with Crippen molar-refractivity contribution in [3.63, 3.8) is 0 Å². The highest BCUT2D eigenvalue weighted by molar-refractivity contribution is 6.59. The Kier molecular flexibility index (Phi) is 3.94. The number of hydrogen-bond acceptors (Lipinski definition) is 4. The lowest BCUT2D eigenvalue weighted by molar-refractivity contribution is 0.0512. The maximum atomic E-state index is 9.06. The van der Waals surface area contributed by atoms with E-state index in [4.69, 9.17) is 19.5 Å². The topological polar surface area (TPSA) is 58.9 Å². The van der Waals surface area contributed by atoms with Crippen LogP contribution in [0, 0.1) is 6.92 Å². The van der Waals surface area contributed by atoms with Crippen LogP contribution in [0.1, 0.15) is 5.56 Å². The minimum atomic E-state index is -1.53. The van der Waals surface area contributed by atoms with Gasteiger partial charge in [0.1, 0.15) is 5.75 Å². The second-order valence-electron chi connectivity index (χ2n) is 2.92. The van der Waals surface area contributed by atoms with Crippen molar-refractivity contribution in [2.75, 3.05) is 13.9 Å². The smallest absolute Gasteiger partial charge is 0.468 e. The molecule has 0 heterocycles. The minimum absolute atomic E-state index is 0.0879. The second-order valence-corrected chi connectivity index (χ2v) is 2.92. The van der Waals surface area contributed by atoms with E-state index in [0.717, 1.165) is 5.56 Å². The van der Waals surface area contributed by atoms with Crippen LogP contribution in [-0.2, 0) is 4.74 Å². The molecule has 0 saturated carbocycles. The number of methoxy groups -OCH3 is 1. The summed E-state index contributed by atoms with van der Waals surface area (Å²) in [5, 5.41) is 18.1. The fourth-order valence-electron chi connectivity index (χ4n) is 1.19. The first-order chi connectivity index (χ1) is 6.66. The average Bonchev–Trinajstić information content (AvgIpc) is 2.15. The first-order valence-corrected chi connectivity index (χ1v) is 4.24. The van der Waals surface area contributed by atoms with E-state index in [-0.39, 0.29) is 6.79 Å². The molecule has 0 radical (unpaired) electrons. The fraction of sp³-hybridized carbons (Fsp3) is 0.333. The van der Waals surface area contributed by atoms with Crippen LogP contribution in [0.3, 0.4) is 0 Å². The van der Waals surface area contributed by atoms with Gasteiger partial charge in [-0.1, -0.05) is 18.2 Å². The molecule has 0 aliphatic heterocycles. The molecule has 1 aromatic carbocycles. The molecule has 0 fully saturated rings. The summed E-state index contributed by atoms with van der Waals surface area (Å²) >= 11 is 0. The highest BCUT2D eigenvalue weighted by Gasteiger charge is 2.18. The molecule has 0 spiro atoms. The van der Waals surface area contributed by atoms with Gasteiger partial charge in [0.15, 0.2) is 6.79 Å². The summed E-state index contributed by atoms with van der Waals surface area (Å²) in [5.41, 5.74) is 1.19. The van der Waals surface area contributed by atoms with Crippen molar-refractivity contribution >= 4 is 12.6 Å². The highest BCUT2D eigenvalue weighted by Crippen LogP contribution is 2.14. The van der Waals surface area contributed by atoms with Gasteiger partial charge in [0.2, 0.25) is 0 Å². The summed E-state index contributed by atoms with van der Waals surface area (Å²) in [6.45, 7) is 1.92. The normalized spacial score (nSPS) is 10.0. The zero-order chi connectivity index (χ0) is 10.6. The van der Waals surface area contributed by atoms with Crippen molar-refractivity contribution in [3.8, 4) is 5.75 Å². The minimum Gasteiger partial charge on any atom is -0.468 e. The lowest BCUT2D eigenvalue weighted by atomic mass is 9.79. The lowest BCUT2D eigenvalue weighted by Crippen LogP contribution is -2.32. The zero-order valence-electron chi connectivity index (χ0n) is 8.23. The predicted octanol–water partition coefficient (Wildman–Crippen LogP) is -0.342. The summed E-state index contributed by atoms with van der Waals surface area (Å²) < 4.78 is 9.99. The van der Waals surface area contributed by atoms with Crippen LogP contribution in [0.2, 0.25) is 0 Å². The second kappa shape index (κ2) is 5.00. The zero-order valence-corrected chi connectivity index (χ0v) is 8.23. The summed E-state index contributed by atoms with van der Waals surface area (Å²) in [5.74, 6) is 0.462. The predicted molar refractivity (Wildman–Crippen MR) is 53.5 cm³/mol. The molecule has 76 valence electrons. The molecule has 1 rings (SSSR count). The van der Waals surface area contributed by atoms with Crippen molar-refractivity contribution in [1.82, 2.24) is 0 Å². The van der Waals surface area contributed by atoms with Crippen LogP contribution in [0.4, 0.5) is 0 Å². The van der Waals surface area contributed by atoms with Crippen LogP contribution >= 0.6 is 0 Å². The van der Waals surface area contributed by atoms with Crippen LogP contribution in [-0.4, -0.2) is 31.1 Å². The quantitative estimate of drug-likeness (QED) is 0.510. The van der Waals surface area contributed by atoms with Gasteiger partial charge in [0.05, 0.1) is 0 Å². The molecular weight excluding hydrogens is 183 g/mol. The Morgan fingerprint density at radius 2 is 2.07 bits per heavy atom. The number of aryl methyl sites for hydroxylation is 1. The van der Waals surface area contributed by atoms with Gasteiger partial charge in [0.25, 0.3) is 0 Å². The lowest BCUT2D eigenvalue weighted by Gasteiger charge is -2.12. The SMILES string of the molecule is COCOc1c(C)cccc1B(O)O. The molecule has 0 bridgehead atoms. The Morgan fingerprint density at radius 3 is 2.64 bits per heavy atom. The molecule has 0 unspecified atom stereocenters. The van der Waals surface area contributed by atoms with E-state index in [1.165, 1.54) is 7.11 Å². The number of benzene rings is 1. The van der Waals surface area contributed by atoms with E-state index in [1.54, 1.807) is 12.1 Å². The van der Waals surface area contributed by atoms with Crippen molar-refractivity contribution in [2.24, 2.45) is 0 Å². The summed E-state index contributed by atoms with van der Waals surface area (Å²) in [6.07, 6.45) is 0. The Hall–Kier alpha value is -1.04. The molecule has 14 heavy (non-hydrogen) atoms. The molecule has 4 nitrogen and oxygen atoms in total. The number of rotatable bonds is 4. The molecule has 0 saturated heterocycles. The van der Waals surface area contributed by atoms with Crippen LogP contribution in [0.25, 0.3) is 0 Å². The first-order valence-electron chi connectivity index (χ1n) is 4.24. The number of hydrogen-bond donors (Lipinski definition) is 2. The number of para-hydroxylation sites is 1. The Balaban J connectivity index is 2.96. The molecule has 0 atom stereocenters. The molecule has 0 aliphatic carbocycles. The van der Waals surface area contributed by atoms with Gasteiger partial charge in [-0.25, -0.2) is 0 Å². The maximum absolute atomic E-state index is 9.06. The molecule has 0 aromatic heterocycles. The van der Waals surface area contributed by atoms with Gasteiger partial charge in [-0.3, -0.25) is 0 Å². The van der Waals surface area contributed by atoms with Crippen LogP contribution < -0.4 is 10.2 Å². The fourth-order valence-corrected chi connectivity index (χ4v) is 1.19. The Bertz CT molecular complexity index is 301. The Labute approximate surface area is 83.2 Å². The van der Waals surface area contributed by atoms with Crippen molar-refractivity contribution in [2.45, 2.75) is 6.92 Å². The first kappa shape index (κ1) is 11.0. The van der Waals surface area contributed by atoms with E-state index in [2.05, 4.69) is 0 Å². The Morgan fingerprint density at radius 1 is 1.36 bits per heavy atom. The molecule has 5 heteroatoms. The molecule has 0 amide bonds. The highest BCUT2D eigenvalue weighted by atomic mass is 16.7. The third kappa shape index (κ3) is 2.48. The standard InChI is InChI=1S/C9H13BO4/c1-7-4-3-5-8(10(11)12)9(7)14-6-13-2/h3-5,11-12H,6H2,1-2H3. The van der Waals surface area contributed by atoms with Crippen LogP contribution in [0.15, 0.2) is 18.2 Å². The van der Waals surface area contributed by atoms with E-state index in [9.17, 15) is 0 Å². The van der Waals surface area contributed by atoms with Crippen LogP contribution in [0.5, 0.6) is 5.75 Å².